The van der Waals surface area contributed by atoms with E-state index in [-0.39, 0.29) is 11.9 Å². The van der Waals surface area contributed by atoms with Gasteiger partial charge in [-0.15, -0.1) is 0 Å². The number of nitrogens with one attached hydrogen (secondary N) is 1. The van der Waals surface area contributed by atoms with Crippen LogP contribution in [0.25, 0.3) is 0 Å². The van der Waals surface area contributed by atoms with Crippen molar-refractivity contribution in [3.8, 4) is 5.75 Å². The number of rotatable bonds is 5. The molecule has 0 spiro atoms. The van der Waals surface area contributed by atoms with Crippen LogP contribution < -0.4 is 10.1 Å². The fourth-order valence-corrected chi connectivity index (χ4v) is 2.56. The molecule has 0 saturated carbocycles. The molecule has 0 heterocycles. The Kier molecular flexibility index (Phi) is 5.45. The third-order valence-electron chi connectivity index (χ3n) is 3.27. The van der Waals surface area contributed by atoms with Crippen molar-refractivity contribution in [2.45, 2.75) is 19.5 Å². The highest BCUT2D eigenvalue weighted by Crippen LogP contribution is 2.27. The second kappa shape index (κ2) is 7.12. The van der Waals surface area contributed by atoms with Crippen LogP contribution in [-0.4, -0.2) is 7.11 Å². The first kappa shape index (κ1) is 16.1. The molecule has 0 aliphatic carbocycles. The van der Waals surface area contributed by atoms with Gasteiger partial charge in [0.25, 0.3) is 0 Å². The number of methoxy groups -OCH3 is 1. The molecule has 2 aromatic carbocycles. The third-order valence-corrected chi connectivity index (χ3v) is 3.86. The smallest absolute Gasteiger partial charge is 0.123 e. The fraction of sp³-hybridized carbons (Fsp3) is 0.250. The number of ether oxygens (including phenoxy) is 1. The van der Waals surface area contributed by atoms with Gasteiger partial charge in [0.15, 0.2) is 0 Å². The quantitative estimate of drug-likeness (QED) is 0.835. The van der Waals surface area contributed by atoms with Crippen molar-refractivity contribution < 1.29 is 9.13 Å². The Morgan fingerprint density at radius 3 is 2.62 bits per heavy atom. The van der Waals surface area contributed by atoms with Gasteiger partial charge < -0.3 is 10.1 Å². The lowest BCUT2D eigenvalue weighted by molar-refractivity contribution is 0.399. The zero-order chi connectivity index (χ0) is 15.4. The molecule has 0 aromatic heterocycles. The monoisotopic (exact) mass is 327 g/mol. The summed E-state index contributed by atoms with van der Waals surface area (Å²) >= 11 is 12.0. The van der Waals surface area contributed by atoms with Gasteiger partial charge >= 0.3 is 0 Å². The molecule has 1 unspecified atom stereocenters. The SMILES string of the molecule is COc1ccc(F)cc1C(C)NCc1ccc(Cl)cc1Cl. The summed E-state index contributed by atoms with van der Waals surface area (Å²) in [5.74, 6) is 0.363. The number of benzene rings is 2. The van der Waals surface area contributed by atoms with Crippen molar-refractivity contribution in [3.05, 3.63) is 63.4 Å². The maximum atomic E-state index is 13.4. The largest absolute Gasteiger partial charge is 0.496 e. The minimum absolute atomic E-state index is 0.0811. The first-order valence-corrected chi connectivity index (χ1v) is 7.27. The Bertz CT molecular complexity index is 634. The first-order valence-electron chi connectivity index (χ1n) is 6.52. The molecule has 0 amide bonds. The Hall–Kier alpha value is -1.29. The summed E-state index contributed by atoms with van der Waals surface area (Å²) < 4.78 is 18.7. The summed E-state index contributed by atoms with van der Waals surface area (Å²) in [6.45, 7) is 2.50. The third kappa shape index (κ3) is 4.10. The van der Waals surface area contributed by atoms with E-state index in [0.717, 1.165) is 11.1 Å². The predicted octanol–water partition coefficient (Wildman–Crippen LogP) is 4.99. The van der Waals surface area contributed by atoms with Gasteiger partial charge in [-0.25, -0.2) is 4.39 Å². The Labute approximate surface area is 133 Å². The summed E-state index contributed by atoms with van der Waals surface area (Å²) in [6.07, 6.45) is 0. The van der Waals surface area contributed by atoms with Gasteiger partial charge in [-0.05, 0) is 42.8 Å². The Morgan fingerprint density at radius 2 is 1.95 bits per heavy atom. The number of halogens is 3. The normalized spacial score (nSPS) is 12.2. The van der Waals surface area contributed by atoms with Crippen LogP contribution in [0.4, 0.5) is 4.39 Å². The second-order valence-electron chi connectivity index (χ2n) is 4.72. The molecule has 0 aliphatic heterocycles. The van der Waals surface area contributed by atoms with Crippen LogP contribution in [0.15, 0.2) is 36.4 Å². The van der Waals surface area contributed by atoms with E-state index in [4.69, 9.17) is 27.9 Å². The van der Waals surface area contributed by atoms with Gasteiger partial charge in [0.05, 0.1) is 7.11 Å². The molecule has 0 aliphatic rings. The zero-order valence-corrected chi connectivity index (χ0v) is 13.3. The van der Waals surface area contributed by atoms with Crippen LogP contribution in [-0.2, 0) is 6.54 Å². The van der Waals surface area contributed by atoms with Gasteiger partial charge in [0.1, 0.15) is 11.6 Å². The standard InChI is InChI=1S/C16H16Cl2FNO/c1-10(14-8-13(19)5-6-16(14)21-2)20-9-11-3-4-12(17)7-15(11)18/h3-8,10,20H,9H2,1-2H3. The molecule has 112 valence electrons. The van der Waals surface area contributed by atoms with Gasteiger partial charge in [0, 0.05) is 28.2 Å². The van der Waals surface area contributed by atoms with Crippen LogP contribution in [0.5, 0.6) is 5.75 Å². The summed E-state index contributed by atoms with van der Waals surface area (Å²) in [5, 5.41) is 4.51. The lowest BCUT2D eigenvalue weighted by atomic mass is 10.1. The molecule has 1 N–H and O–H groups in total. The first-order chi connectivity index (χ1) is 10.0. The molecule has 0 fully saturated rings. The molecule has 0 saturated heterocycles. The molecule has 2 rings (SSSR count). The summed E-state index contributed by atoms with van der Waals surface area (Å²) in [6, 6.07) is 9.75. The highest BCUT2D eigenvalue weighted by molar-refractivity contribution is 6.35. The van der Waals surface area contributed by atoms with Crippen molar-refractivity contribution in [3.63, 3.8) is 0 Å². The van der Waals surface area contributed by atoms with Crippen molar-refractivity contribution in [1.82, 2.24) is 5.32 Å². The Morgan fingerprint density at radius 1 is 1.19 bits per heavy atom. The highest BCUT2D eigenvalue weighted by atomic mass is 35.5. The topological polar surface area (TPSA) is 21.3 Å². The second-order valence-corrected chi connectivity index (χ2v) is 5.57. The predicted molar refractivity (Wildman–Crippen MR) is 84.7 cm³/mol. The van der Waals surface area contributed by atoms with Gasteiger partial charge in [-0.1, -0.05) is 29.3 Å². The van der Waals surface area contributed by atoms with E-state index in [1.165, 1.54) is 12.1 Å². The minimum Gasteiger partial charge on any atom is -0.496 e. The highest BCUT2D eigenvalue weighted by Gasteiger charge is 2.13. The maximum Gasteiger partial charge on any atom is 0.123 e. The molecule has 1 atom stereocenters. The van der Waals surface area contributed by atoms with Crippen LogP contribution in [0.1, 0.15) is 24.1 Å². The van der Waals surface area contributed by atoms with Crippen LogP contribution >= 0.6 is 23.2 Å². The van der Waals surface area contributed by atoms with E-state index in [0.29, 0.717) is 22.3 Å². The summed E-state index contributed by atoms with van der Waals surface area (Å²) in [7, 11) is 1.57. The van der Waals surface area contributed by atoms with Crippen molar-refractivity contribution in [1.29, 1.82) is 0 Å². The summed E-state index contributed by atoms with van der Waals surface area (Å²) in [5.41, 5.74) is 1.70. The van der Waals surface area contributed by atoms with E-state index < -0.39 is 0 Å². The molecule has 2 nitrogen and oxygen atoms in total. The van der Waals surface area contributed by atoms with Crippen molar-refractivity contribution in [2.24, 2.45) is 0 Å². The molecule has 0 radical (unpaired) electrons. The van der Waals surface area contributed by atoms with E-state index in [1.807, 2.05) is 13.0 Å². The van der Waals surface area contributed by atoms with E-state index in [2.05, 4.69) is 5.32 Å². The van der Waals surface area contributed by atoms with E-state index in [9.17, 15) is 4.39 Å². The fourth-order valence-electron chi connectivity index (χ4n) is 2.08. The van der Waals surface area contributed by atoms with Crippen molar-refractivity contribution in [2.75, 3.05) is 7.11 Å². The van der Waals surface area contributed by atoms with Crippen LogP contribution in [0.3, 0.4) is 0 Å². The molecular weight excluding hydrogens is 312 g/mol. The van der Waals surface area contributed by atoms with E-state index >= 15 is 0 Å². The van der Waals surface area contributed by atoms with Gasteiger partial charge in [-0.2, -0.15) is 0 Å². The van der Waals surface area contributed by atoms with E-state index in [1.54, 1.807) is 25.3 Å². The Balaban J connectivity index is 2.11. The van der Waals surface area contributed by atoms with Gasteiger partial charge in [0.2, 0.25) is 0 Å². The summed E-state index contributed by atoms with van der Waals surface area (Å²) in [4.78, 5) is 0. The molecule has 21 heavy (non-hydrogen) atoms. The molecule has 5 heteroatoms. The van der Waals surface area contributed by atoms with Crippen LogP contribution in [0.2, 0.25) is 10.0 Å². The van der Waals surface area contributed by atoms with Crippen molar-refractivity contribution >= 4 is 23.2 Å². The lowest BCUT2D eigenvalue weighted by Crippen LogP contribution is -2.19. The van der Waals surface area contributed by atoms with Crippen LogP contribution in [0, 0.1) is 5.82 Å². The average Bonchev–Trinajstić information content (AvgIpc) is 2.46. The lowest BCUT2D eigenvalue weighted by Gasteiger charge is -2.18. The molecule has 2 aromatic rings. The zero-order valence-electron chi connectivity index (χ0n) is 11.8. The van der Waals surface area contributed by atoms with Gasteiger partial charge in [-0.3, -0.25) is 0 Å². The minimum atomic E-state index is -0.288. The number of hydrogen-bond acceptors (Lipinski definition) is 2. The average molecular weight is 328 g/mol. The molecular formula is C16H16Cl2FNO. The molecule has 0 bridgehead atoms. The maximum absolute atomic E-state index is 13.4. The number of hydrogen-bond donors (Lipinski definition) is 1.